The average Bonchev–Trinajstić information content (AvgIpc) is 3.28. The molecule has 1 unspecified atom stereocenters. The minimum atomic E-state index is -0.606. The number of nitrogens with one attached hydrogen (secondary N) is 1. The molecule has 1 N–H and O–H groups in total. The normalized spacial score (nSPS) is 24.1. The molecule has 2 aromatic rings. The van der Waals surface area contributed by atoms with E-state index >= 15 is 0 Å². The maximum absolute atomic E-state index is 13.0. The molecule has 9 nitrogen and oxygen atoms in total. The number of likely N-dealkylation sites (tertiary alicyclic amines) is 1. The summed E-state index contributed by atoms with van der Waals surface area (Å²) in [5.74, 6) is -0.0916. The van der Waals surface area contributed by atoms with Crippen LogP contribution in [-0.4, -0.2) is 79.1 Å². The Bertz CT molecular complexity index is 1230. The van der Waals surface area contributed by atoms with E-state index in [1.165, 1.54) is 24.1 Å². The summed E-state index contributed by atoms with van der Waals surface area (Å²) in [4.78, 5) is 43.3. The summed E-state index contributed by atoms with van der Waals surface area (Å²) in [6.07, 6.45) is 4.10. The molecule has 0 radical (unpaired) electrons. The Hall–Kier alpha value is -3.43. The molecule has 9 heteroatoms. The minimum absolute atomic E-state index is 0.163. The van der Waals surface area contributed by atoms with Crippen LogP contribution in [0.4, 0.5) is 5.69 Å². The number of anilines is 1. The molecular weight excluding hydrogens is 496 g/mol. The molecule has 206 valence electrons. The number of hydrogen-bond acceptors (Lipinski definition) is 7. The maximum atomic E-state index is 13.0. The molecule has 0 aliphatic carbocycles. The van der Waals surface area contributed by atoms with E-state index in [2.05, 4.69) is 39.4 Å². The molecule has 0 bridgehead atoms. The van der Waals surface area contributed by atoms with E-state index in [0.29, 0.717) is 31.2 Å². The monoisotopic (exact) mass is 532 g/mol. The van der Waals surface area contributed by atoms with Crippen LogP contribution in [0.25, 0.3) is 0 Å². The SMILES string of the molecule is O=C1CCC(N2Cc3cc(OC[C@H]4CCCCN4Cc4ccc(N5CCOCC5)cc4)ccc3C2=O)C(=O)N1. The average molecular weight is 533 g/mol. The van der Waals surface area contributed by atoms with Gasteiger partial charge in [-0.1, -0.05) is 18.6 Å². The van der Waals surface area contributed by atoms with Crippen molar-refractivity contribution in [3.8, 4) is 5.75 Å². The number of rotatable bonds is 7. The lowest BCUT2D eigenvalue weighted by atomic mass is 10.0. The second kappa shape index (κ2) is 11.4. The number of carbonyl (C=O) groups excluding carboxylic acids is 3. The second-order valence-corrected chi connectivity index (χ2v) is 10.9. The summed E-state index contributed by atoms with van der Waals surface area (Å²) in [5.41, 5.74) is 4.03. The van der Waals surface area contributed by atoms with Gasteiger partial charge in [-0.25, -0.2) is 0 Å². The Morgan fingerprint density at radius 3 is 2.56 bits per heavy atom. The highest BCUT2D eigenvalue weighted by atomic mass is 16.5. The van der Waals surface area contributed by atoms with Crippen molar-refractivity contribution in [1.82, 2.24) is 15.1 Å². The fourth-order valence-corrected chi connectivity index (χ4v) is 6.16. The number of nitrogens with zero attached hydrogens (tertiary/aromatic N) is 3. The molecule has 0 aromatic heterocycles. The predicted molar refractivity (Wildman–Crippen MR) is 146 cm³/mol. The molecular formula is C30H36N4O5. The van der Waals surface area contributed by atoms with Crippen LogP contribution in [0.15, 0.2) is 42.5 Å². The van der Waals surface area contributed by atoms with Crippen LogP contribution >= 0.6 is 0 Å². The van der Waals surface area contributed by atoms with Crippen molar-refractivity contribution in [3.05, 3.63) is 59.2 Å². The third kappa shape index (κ3) is 5.65. The van der Waals surface area contributed by atoms with Crippen LogP contribution in [0.2, 0.25) is 0 Å². The number of morpholine rings is 1. The van der Waals surface area contributed by atoms with Crippen LogP contribution in [0, 0.1) is 0 Å². The molecule has 3 fully saturated rings. The van der Waals surface area contributed by atoms with E-state index in [0.717, 1.165) is 57.1 Å². The Kier molecular flexibility index (Phi) is 7.52. The number of carbonyl (C=O) groups is 3. The van der Waals surface area contributed by atoms with Gasteiger partial charge in [-0.3, -0.25) is 24.6 Å². The van der Waals surface area contributed by atoms with Gasteiger partial charge in [-0.2, -0.15) is 0 Å². The number of piperidine rings is 2. The smallest absolute Gasteiger partial charge is 0.255 e. The molecule has 0 saturated carbocycles. The fourth-order valence-electron chi connectivity index (χ4n) is 6.16. The van der Waals surface area contributed by atoms with Gasteiger partial charge in [0.15, 0.2) is 0 Å². The molecule has 4 aliphatic rings. The first-order valence-electron chi connectivity index (χ1n) is 14.1. The van der Waals surface area contributed by atoms with Gasteiger partial charge in [-0.15, -0.1) is 0 Å². The van der Waals surface area contributed by atoms with E-state index < -0.39 is 11.9 Å². The first-order chi connectivity index (χ1) is 19.0. The highest BCUT2D eigenvalue weighted by Gasteiger charge is 2.39. The minimum Gasteiger partial charge on any atom is -0.492 e. The van der Waals surface area contributed by atoms with E-state index in [9.17, 15) is 14.4 Å². The quantitative estimate of drug-likeness (QED) is 0.549. The molecule has 2 atom stereocenters. The summed E-state index contributed by atoms with van der Waals surface area (Å²) in [5, 5.41) is 2.35. The topological polar surface area (TPSA) is 91.4 Å². The highest BCUT2D eigenvalue weighted by molar-refractivity contribution is 6.05. The predicted octanol–water partition coefficient (Wildman–Crippen LogP) is 2.72. The van der Waals surface area contributed by atoms with Crippen LogP contribution < -0.4 is 15.0 Å². The first kappa shape index (κ1) is 25.8. The van der Waals surface area contributed by atoms with Crippen LogP contribution in [0.1, 0.15) is 53.6 Å². The number of amides is 3. The lowest BCUT2D eigenvalue weighted by molar-refractivity contribution is -0.136. The Morgan fingerprint density at radius 1 is 0.949 bits per heavy atom. The van der Waals surface area contributed by atoms with E-state index in [4.69, 9.17) is 9.47 Å². The zero-order chi connectivity index (χ0) is 26.8. The van der Waals surface area contributed by atoms with Gasteiger partial charge < -0.3 is 19.3 Å². The Balaban J connectivity index is 1.06. The third-order valence-corrected chi connectivity index (χ3v) is 8.38. The van der Waals surface area contributed by atoms with Gasteiger partial charge in [0.1, 0.15) is 18.4 Å². The standard InChI is InChI=1S/C30H36N4O5/c35-28-11-10-27(29(36)31-28)34-19-22-17-25(8-9-26(22)30(34)37)39-20-24-3-1-2-12-33(24)18-21-4-6-23(7-5-21)32-13-15-38-16-14-32/h4-9,17,24,27H,1-3,10-16,18-20H2,(H,31,35,36)/t24-,27?/m1/s1. The third-order valence-electron chi connectivity index (χ3n) is 8.38. The van der Waals surface area contributed by atoms with Gasteiger partial charge in [0.2, 0.25) is 11.8 Å². The number of hydrogen-bond donors (Lipinski definition) is 1. The molecule has 3 amide bonds. The van der Waals surface area contributed by atoms with Crippen LogP contribution in [-0.2, 0) is 27.4 Å². The highest BCUT2D eigenvalue weighted by Crippen LogP contribution is 2.31. The fraction of sp³-hybridized carbons (Fsp3) is 0.500. The molecule has 0 spiro atoms. The Labute approximate surface area is 229 Å². The van der Waals surface area contributed by atoms with Gasteiger partial charge >= 0.3 is 0 Å². The van der Waals surface area contributed by atoms with Crippen molar-refractivity contribution in [1.29, 1.82) is 0 Å². The summed E-state index contributed by atoms with van der Waals surface area (Å²) >= 11 is 0. The summed E-state index contributed by atoms with van der Waals surface area (Å²) in [6.45, 7) is 6.36. The lowest BCUT2D eigenvalue weighted by Gasteiger charge is -2.35. The van der Waals surface area contributed by atoms with E-state index in [1.54, 1.807) is 11.0 Å². The van der Waals surface area contributed by atoms with Crippen molar-refractivity contribution in [2.75, 3.05) is 44.4 Å². The van der Waals surface area contributed by atoms with Crippen LogP contribution in [0.5, 0.6) is 5.75 Å². The molecule has 6 rings (SSSR count). The van der Waals surface area contributed by atoms with Crippen molar-refractivity contribution < 1.29 is 23.9 Å². The summed E-state index contributed by atoms with van der Waals surface area (Å²) in [6, 6.07) is 14.2. The van der Waals surface area contributed by atoms with Crippen molar-refractivity contribution in [2.24, 2.45) is 0 Å². The van der Waals surface area contributed by atoms with Crippen LogP contribution in [0.3, 0.4) is 0 Å². The summed E-state index contributed by atoms with van der Waals surface area (Å²) in [7, 11) is 0. The maximum Gasteiger partial charge on any atom is 0.255 e. The first-order valence-corrected chi connectivity index (χ1v) is 14.1. The lowest BCUT2D eigenvalue weighted by Crippen LogP contribution is -2.52. The van der Waals surface area contributed by atoms with Gasteiger partial charge in [-0.05, 0) is 67.3 Å². The number of imide groups is 1. The molecule has 4 aliphatic heterocycles. The van der Waals surface area contributed by atoms with Gasteiger partial charge in [0.25, 0.3) is 5.91 Å². The molecule has 39 heavy (non-hydrogen) atoms. The zero-order valence-corrected chi connectivity index (χ0v) is 22.3. The largest absolute Gasteiger partial charge is 0.492 e. The second-order valence-electron chi connectivity index (χ2n) is 10.9. The molecule has 3 saturated heterocycles. The summed E-state index contributed by atoms with van der Waals surface area (Å²) < 4.78 is 11.7. The van der Waals surface area contributed by atoms with Gasteiger partial charge in [0.05, 0.1) is 13.2 Å². The zero-order valence-electron chi connectivity index (χ0n) is 22.3. The molecule has 4 heterocycles. The van der Waals surface area contributed by atoms with E-state index in [1.807, 2.05) is 12.1 Å². The number of ether oxygens (including phenoxy) is 2. The number of benzene rings is 2. The van der Waals surface area contributed by atoms with Gasteiger partial charge in [0, 0.05) is 49.9 Å². The molecule has 2 aromatic carbocycles. The van der Waals surface area contributed by atoms with E-state index in [-0.39, 0.29) is 18.2 Å². The number of fused-ring (bicyclic) bond motifs is 1. The Morgan fingerprint density at radius 2 is 1.77 bits per heavy atom. The van der Waals surface area contributed by atoms with Crippen molar-refractivity contribution in [2.45, 2.75) is 57.3 Å². The van der Waals surface area contributed by atoms with Crippen molar-refractivity contribution in [3.63, 3.8) is 0 Å². The van der Waals surface area contributed by atoms with Crippen molar-refractivity contribution >= 4 is 23.4 Å².